The van der Waals surface area contributed by atoms with Gasteiger partial charge in [-0.1, -0.05) is 23.7 Å². The van der Waals surface area contributed by atoms with Crippen LogP contribution in [-0.4, -0.2) is 5.11 Å². The van der Waals surface area contributed by atoms with Crippen LogP contribution >= 0.6 is 23.8 Å². The summed E-state index contributed by atoms with van der Waals surface area (Å²) in [5.41, 5.74) is 6.43. The minimum atomic E-state index is 0.0937. The molecule has 0 saturated carbocycles. The molecule has 0 bridgehead atoms. The van der Waals surface area contributed by atoms with Crippen molar-refractivity contribution in [2.75, 3.05) is 0 Å². The van der Waals surface area contributed by atoms with E-state index < -0.39 is 0 Å². The average molecular weight is 215 g/mol. The van der Waals surface area contributed by atoms with Crippen LogP contribution in [0.1, 0.15) is 18.5 Å². The first-order valence-corrected chi connectivity index (χ1v) is 4.69. The average Bonchev–Trinajstić information content (AvgIpc) is 2.03. The summed E-state index contributed by atoms with van der Waals surface area (Å²) < 4.78 is 0. The Kier molecular flexibility index (Phi) is 3.51. The van der Waals surface area contributed by atoms with Crippen LogP contribution in [0.5, 0.6) is 0 Å². The van der Waals surface area contributed by atoms with E-state index in [2.05, 4.69) is 5.32 Å². The molecule has 0 aliphatic carbocycles. The topological polar surface area (TPSA) is 38.0 Å². The molecule has 2 nitrogen and oxygen atoms in total. The van der Waals surface area contributed by atoms with Gasteiger partial charge in [-0.3, -0.25) is 0 Å². The lowest BCUT2D eigenvalue weighted by Gasteiger charge is -2.13. The number of nitrogens with two attached hydrogens (primary N) is 1. The summed E-state index contributed by atoms with van der Waals surface area (Å²) in [4.78, 5) is 0. The van der Waals surface area contributed by atoms with E-state index in [1.165, 1.54) is 0 Å². The van der Waals surface area contributed by atoms with Crippen LogP contribution in [0.2, 0.25) is 5.02 Å². The predicted molar refractivity (Wildman–Crippen MR) is 59.8 cm³/mol. The van der Waals surface area contributed by atoms with Gasteiger partial charge in [-0.15, -0.1) is 0 Å². The van der Waals surface area contributed by atoms with Gasteiger partial charge in [0.25, 0.3) is 0 Å². The fraction of sp³-hybridized carbons (Fsp3) is 0.222. The lowest BCUT2D eigenvalue weighted by Crippen LogP contribution is -2.31. The molecule has 4 heteroatoms. The Balaban J connectivity index is 2.76. The van der Waals surface area contributed by atoms with Gasteiger partial charge in [0, 0.05) is 5.02 Å². The largest absolute Gasteiger partial charge is 0.376 e. The maximum absolute atomic E-state index is 5.83. The van der Waals surface area contributed by atoms with Crippen molar-refractivity contribution in [3.8, 4) is 0 Å². The maximum atomic E-state index is 5.83. The van der Waals surface area contributed by atoms with Crippen LogP contribution in [0.3, 0.4) is 0 Å². The van der Waals surface area contributed by atoms with Gasteiger partial charge in [0.15, 0.2) is 5.11 Å². The standard InChI is InChI=1S/C9H11ClN2S/c1-6(12-9(11)13)7-3-2-4-8(10)5-7/h2-6H,1H3,(H3,11,12,13). The van der Waals surface area contributed by atoms with Gasteiger partial charge in [-0.2, -0.15) is 0 Å². The van der Waals surface area contributed by atoms with Crippen LogP contribution in [0, 0.1) is 0 Å². The first kappa shape index (κ1) is 10.3. The van der Waals surface area contributed by atoms with Crippen LogP contribution in [0.4, 0.5) is 0 Å². The Hall–Kier alpha value is -0.800. The molecule has 0 radical (unpaired) electrons. The van der Waals surface area contributed by atoms with Crippen molar-refractivity contribution in [2.24, 2.45) is 5.73 Å². The molecule has 70 valence electrons. The van der Waals surface area contributed by atoms with Gasteiger partial charge >= 0.3 is 0 Å². The summed E-state index contributed by atoms with van der Waals surface area (Å²) in [5, 5.41) is 3.95. The highest BCUT2D eigenvalue weighted by atomic mass is 35.5. The summed E-state index contributed by atoms with van der Waals surface area (Å²) >= 11 is 10.6. The molecule has 0 aromatic heterocycles. The number of hydrogen-bond acceptors (Lipinski definition) is 1. The van der Waals surface area contributed by atoms with Crippen molar-refractivity contribution in [3.63, 3.8) is 0 Å². The lowest BCUT2D eigenvalue weighted by atomic mass is 10.1. The van der Waals surface area contributed by atoms with E-state index in [4.69, 9.17) is 29.6 Å². The Bertz CT molecular complexity index is 314. The van der Waals surface area contributed by atoms with Gasteiger partial charge < -0.3 is 11.1 Å². The first-order chi connectivity index (χ1) is 6.09. The normalized spacial score (nSPS) is 12.2. The molecule has 0 aliphatic rings. The fourth-order valence-corrected chi connectivity index (χ4v) is 1.45. The summed E-state index contributed by atoms with van der Waals surface area (Å²) in [6.45, 7) is 1.98. The Morgan fingerprint density at radius 2 is 2.31 bits per heavy atom. The molecule has 0 fully saturated rings. The van der Waals surface area contributed by atoms with Crippen LogP contribution in [-0.2, 0) is 0 Å². The third-order valence-corrected chi connectivity index (χ3v) is 2.06. The highest BCUT2D eigenvalue weighted by Gasteiger charge is 2.04. The molecule has 1 atom stereocenters. The highest BCUT2D eigenvalue weighted by Crippen LogP contribution is 2.16. The second-order valence-electron chi connectivity index (χ2n) is 2.79. The molecule has 1 aromatic carbocycles. The second-order valence-corrected chi connectivity index (χ2v) is 3.66. The number of benzene rings is 1. The Labute approximate surface area is 88.1 Å². The van der Waals surface area contributed by atoms with E-state index in [-0.39, 0.29) is 6.04 Å². The molecule has 0 heterocycles. The molecule has 1 rings (SSSR count). The van der Waals surface area contributed by atoms with Gasteiger partial charge in [0.1, 0.15) is 0 Å². The summed E-state index contributed by atoms with van der Waals surface area (Å²) in [5.74, 6) is 0. The maximum Gasteiger partial charge on any atom is 0.164 e. The molecule has 3 N–H and O–H groups in total. The fourth-order valence-electron chi connectivity index (χ4n) is 1.07. The van der Waals surface area contributed by atoms with Gasteiger partial charge in [0.05, 0.1) is 6.04 Å². The quantitative estimate of drug-likeness (QED) is 0.742. The van der Waals surface area contributed by atoms with E-state index in [1.54, 1.807) is 0 Å². The van der Waals surface area contributed by atoms with Crippen molar-refractivity contribution < 1.29 is 0 Å². The second kappa shape index (κ2) is 4.44. The van der Waals surface area contributed by atoms with Crippen molar-refractivity contribution in [2.45, 2.75) is 13.0 Å². The monoisotopic (exact) mass is 214 g/mol. The molecular weight excluding hydrogens is 204 g/mol. The SMILES string of the molecule is CC(NC(N)=S)c1cccc(Cl)c1. The minimum Gasteiger partial charge on any atom is -0.376 e. The number of thiocarbonyl (C=S) groups is 1. The third kappa shape index (κ3) is 3.20. The summed E-state index contributed by atoms with van der Waals surface area (Å²) in [6.07, 6.45) is 0. The zero-order valence-electron chi connectivity index (χ0n) is 7.25. The van der Waals surface area contributed by atoms with Gasteiger partial charge in [0.2, 0.25) is 0 Å². The number of rotatable bonds is 2. The van der Waals surface area contributed by atoms with Crippen molar-refractivity contribution in [3.05, 3.63) is 34.9 Å². The molecule has 0 spiro atoms. The van der Waals surface area contributed by atoms with Crippen molar-refractivity contribution in [1.29, 1.82) is 0 Å². The van der Waals surface area contributed by atoms with Crippen molar-refractivity contribution in [1.82, 2.24) is 5.32 Å². The molecule has 13 heavy (non-hydrogen) atoms. The van der Waals surface area contributed by atoms with E-state index >= 15 is 0 Å². The summed E-state index contributed by atoms with van der Waals surface area (Å²) in [7, 11) is 0. The molecule has 0 saturated heterocycles. The van der Waals surface area contributed by atoms with Gasteiger partial charge in [-0.05, 0) is 36.8 Å². The van der Waals surface area contributed by atoms with Crippen LogP contribution in [0.25, 0.3) is 0 Å². The van der Waals surface area contributed by atoms with E-state index in [0.717, 1.165) is 5.56 Å². The van der Waals surface area contributed by atoms with Crippen LogP contribution < -0.4 is 11.1 Å². The Morgan fingerprint density at radius 1 is 1.62 bits per heavy atom. The van der Waals surface area contributed by atoms with Crippen LogP contribution in [0.15, 0.2) is 24.3 Å². The predicted octanol–water partition coefficient (Wildman–Crippen LogP) is 2.23. The Morgan fingerprint density at radius 3 is 2.85 bits per heavy atom. The molecule has 1 aromatic rings. The van der Waals surface area contributed by atoms with Gasteiger partial charge in [-0.25, -0.2) is 0 Å². The number of hydrogen-bond donors (Lipinski definition) is 2. The molecular formula is C9H11ClN2S. The van der Waals surface area contributed by atoms with Crippen molar-refractivity contribution >= 4 is 28.9 Å². The van der Waals surface area contributed by atoms with E-state index in [0.29, 0.717) is 10.1 Å². The third-order valence-electron chi connectivity index (χ3n) is 1.71. The van der Waals surface area contributed by atoms with E-state index in [1.807, 2.05) is 31.2 Å². The lowest BCUT2D eigenvalue weighted by molar-refractivity contribution is 0.720. The molecule has 1 unspecified atom stereocenters. The highest BCUT2D eigenvalue weighted by molar-refractivity contribution is 7.80. The molecule has 0 aliphatic heterocycles. The molecule has 0 amide bonds. The zero-order valence-corrected chi connectivity index (χ0v) is 8.82. The first-order valence-electron chi connectivity index (χ1n) is 3.91. The number of nitrogens with one attached hydrogen (secondary N) is 1. The summed E-state index contributed by atoms with van der Waals surface area (Å²) in [6, 6.07) is 7.68. The zero-order chi connectivity index (χ0) is 9.84. The number of halogens is 1. The smallest absolute Gasteiger partial charge is 0.164 e. The van der Waals surface area contributed by atoms with E-state index in [9.17, 15) is 0 Å². The minimum absolute atomic E-state index is 0.0937.